The molecular weight excluding hydrogens is 266 g/mol. The quantitative estimate of drug-likeness (QED) is 0.740. The van der Waals surface area contributed by atoms with E-state index in [2.05, 4.69) is 10.1 Å². The predicted octanol–water partition coefficient (Wildman–Crippen LogP) is 2.80. The Morgan fingerprint density at radius 3 is 2.90 bits per heavy atom. The van der Waals surface area contributed by atoms with E-state index in [1.165, 1.54) is 0 Å². The van der Waals surface area contributed by atoms with E-state index in [9.17, 15) is 4.79 Å². The summed E-state index contributed by atoms with van der Waals surface area (Å²) in [5.41, 5.74) is 2.32. The first-order chi connectivity index (χ1) is 10.1. The number of carbonyl (C=O) groups excluding carboxylic acids is 1. The summed E-state index contributed by atoms with van der Waals surface area (Å²) in [5.74, 6) is 0.612. The molecule has 0 aliphatic heterocycles. The molecule has 21 heavy (non-hydrogen) atoms. The second-order valence-electron chi connectivity index (χ2n) is 5.01. The molecular formula is C16H15N3O2. The SMILES string of the molecule is Cc1cc(CN(C)C(=O)c2ccc3ncccc3c2)on1. The molecule has 2 heterocycles. The molecule has 106 valence electrons. The molecule has 0 spiro atoms. The highest BCUT2D eigenvalue weighted by atomic mass is 16.5. The zero-order valence-corrected chi connectivity index (χ0v) is 11.9. The summed E-state index contributed by atoms with van der Waals surface area (Å²) in [6.45, 7) is 2.25. The van der Waals surface area contributed by atoms with Crippen molar-refractivity contribution in [3.63, 3.8) is 0 Å². The first-order valence-electron chi connectivity index (χ1n) is 6.66. The third kappa shape index (κ3) is 2.76. The summed E-state index contributed by atoms with van der Waals surface area (Å²) in [6, 6.07) is 11.1. The maximum atomic E-state index is 12.4. The van der Waals surface area contributed by atoms with Crippen molar-refractivity contribution in [3.05, 3.63) is 59.6 Å². The molecule has 0 N–H and O–H groups in total. The van der Waals surface area contributed by atoms with Gasteiger partial charge in [-0.2, -0.15) is 0 Å². The van der Waals surface area contributed by atoms with Gasteiger partial charge in [-0.3, -0.25) is 9.78 Å². The van der Waals surface area contributed by atoms with Gasteiger partial charge in [0.05, 0.1) is 17.8 Å². The molecule has 0 fully saturated rings. The van der Waals surface area contributed by atoms with Gasteiger partial charge in [-0.05, 0) is 31.2 Å². The van der Waals surface area contributed by atoms with E-state index < -0.39 is 0 Å². The maximum absolute atomic E-state index is 12.4. The van der Waals surface area contributed by atoms with Crippen LogP contribution in [0.3, 0.4) is 0 Å². The molecule has 0 aliphatic rings. The molecule has 3 aromatic rings. The standard InChI is InChI=1S/C16H15N3O2/c1-11-8-14(21-18-11)10-19(2)16(20)13-5-6-15-12(9-13)4-3-7-17-15/h3-9H,10H2,1-2H3. The number of hydrogen-bond donors (Lipinski definition) is 0. The number of pyridine rings is 1. The van der Waals surface area contributed by atoms with E-state index >= 15 is 0 Å². The first-order valence-corrected chi connectivity index (χ1v) is 6.66. The Bertz CT molecular complexity index is 795. The van der Waals surface area contributed by atoms with Gasteiger partial charge in [0.15, 0.2) is 5.76 Å². The summed E-state index contributed by atoms with van der Waals surface area (Å²) in [6.07, 6.45) is 1.74. The summed E-state index contributed by atoms with van der Waals surface area (Å²) < 4.78 is 5.14. The molecule has 1 aromatic carbocycles. The van der Waals surface area contributed by atoms with Crippen LogP contribution in [0, 0.1) is 6.92 Å². The maximum Gasteiger partial charge on any atom is 0.254 e. The lowest BCUT2D eigenvalue weighted by Crippen LogP contribution is -2.25. The molecule has 5 heteroatoms. The Balaban J connectivity index is 1.82. The van der Waals surface area contributed by atoms with Gasteiger partial charge in [-0.25, -0.2) is 0 Å². The van der Waals surface area contributed by atoms with Crippen LogP contribution in [0.15, 0.2) is 47.1 Å². The predicted molar refractivity (Wildman–Crippen MR) is 78.8 cm³/mol. The van der Waals surface area contributed by atoms with Crippen molar-refractivity contribution >= 4 is 16.8 Å². The van der Waals surface area contributed by atoms with Gasteiger partial charge in [0.25, 0.3) is 5.91 Å². The van der Waals surface area contributed by atoms with Crippen molar-refractivity contribution in [2.45, 2.75) is 13.5 Å². The zero-order valence-electron chi connectivity index (χ0n) is 11.9. The Labute approximate surface area is 122 Å². The highest BCUT2D eigenvalue weighted by molar-refractivity contribution is 5.97. The van der Waals surface area contributed by atoms with E-state index in [-0.39, 0.29) is 5.91 Å². The third-order valence-corrected chi connectivity index (χ3v) is 3.27. The number of benzene rings is 1. The summed E-state index contributed by atoms with van der Waals surface area (Å²) in [4.78, 5) is 18.3. The number of carbonyl (C=O) groups is 1. The van der Waals surface area contributed by atoms with E-state index in [1.807, 2.05) is 37.3 Å². The van der Waals surface area contributed by atoms with E-state index in [1.54, 1.807) is 24.2 Å². The van der Waals surface area contributed by atoms with Gasteiger partial charge in [0, 0.05) is 30.3 Å². The number of rotatable bonds is 3. The van der Waals surface area contributed by atoms with Crippen LogP contribution in [-0.2, 0) is 6.54 Å². The van der Waals surface area contributed by atoms with Gasteiger partial charge in [0.2, 0.25) is 0 Å². The molecule has 0 atom stereocenters. The van der Waals surface area contributed by atoms with Gasteiger partial charge in [-0.1, -0.05) is 11.2 Å². The van der Waals surface area contributed by atoms with Gasteiger partial charge in [-0.15, -0.1) is 0 Å². The molecule has 3 rings (SSSR count). The average molecular weight is 281 g/mol. The molecule has 1 amide bonds. The van der Waals surface area contributed by atoms with Crippen molar-refractivity contribution in [3.8, 4) is 0 Å². The van der Waals surface area contributed by atoms with Gasteiger partial charge < -0.3 is 9.42 Å². The molecule has 0 bridgehead atoms. The monoisotopic (exact) mass is 281 g/mol. The van der Waals surface area contributed by atoms with Crippen LogP contribution >= 0.6 is 0 Å². The lowest BCUT2D eigenvalue weighted by Gasteiger charge is -2.15. The summed E-state index contributed by atoms with van der Waals surface area (Å²) >= 11 is 0. The van der Waals surface area contributed by atoms with Gasteiger partial charge >= 0.3 is 0 Å². The minimum absolute atomic E-state index is 0.0604. The second-order valence-corrected chi connectivity index (χ2v) is 5.01. The summed E-state index contributed by atoms with van der Waals surface area (Å²) in [5, 5.41) is 4.77. The molecule has 2 aromatic heterocycles. The van der Waals surface area contributed by atoms with Crippen molar-refractivity contribution in [1.29, 1.82) is 0 Å². The zero-order chi connectivity index (χ0) is 14.8. The molecule has 0 unspecified atom stereocenters. The third-order valence-electron chi connectivity index (χ3n) is 3.27. The highest BCUT2D eigenvalue weighted by Crippen LogP contribution is 2.15. The van der Waals surface area contributed by atoms with Crippen molar-refractivity contribution in [2.24, 2.45) is 0 Å². The van der Waals surface area contributed by atoms with Crippen LogP contribution in [0.25, 0.3) is 10.9 Å². The fourth-order valence-corrected chi connectivity index (χ4v) is 2.23. The number of hydrogen-bond acceptors (Lipinski definition) is 4. The van der Waals surface area contributed by atoms with Crippen LogP contribution in [-0.4, -0.2) is 28.0 Å². The molecule has 0 saturated carbocycles. The van der Waals surface area contributed by atoms with E-state index in [4.69, 9.17) is 4.52 Å². The van der Waals surface area contributed by atoms with Crippen LogP contribution in [0.5, 0.6) is 0 Å². The minimum Gasteiger partial charge on any atom is -0.359 e. The largest absolute Gasteiger partial charge is 0.359 e. The molecule has 0 saturated heterocycles. The highest BCUT2D eigenvalue weighted by Gasteiger charge is 2.14. The Morgan fingerprint density at radius 2 is 2.14 bits per heavy atom. The van der Waals surface area contributed by atoms with Gasteiger partial charge in [0.1, 0.15) is 0 Å². The Hall–Kier alpha value is -2.69. The minimum atomic E-state index is -0.0604. The first kappa shape index (κ1) is 13.3. The lowest BCUT2D eigenvalue weighted by molar-refractivity contribution is 0.0772. The summed E-state index contributed by atoms with van der Waals surface area (Å²) in [7, 11) is 1.74. The number of amides is 1. The smallest absolute Gasteiger partial charge is 0.254 e. The normalized spacial score (nSPS) is 10.8. The number of nitrogens with zero attached hydrogens (tertiary/aromatic N) is 3. The average Bonchev–Trinajstić information content (AvgIpc) is 2.91. The number of fused-ring (bicyclic) bond motifs is 1. The second kappa shape index (κ2) is 5.36. The Kier molecular flexibility index (Phi) is 3.39. The topological polar surface area (TPSA) is 59.2 Å². The van der Waals surface area contributed by atoms with Crippen LogP contribution < -0.4 is 0 Å². The van der Waals surface area contributed by atoms with Crippen molar-refractivity contribution in [2.75, 3.05) is 7.05 Å². The lowest BCUT2D eigenvalue weighted by atomic mass is 10.1. The van der Waals surface area contributed by atoms with Crippen LogP contribution in [0.1, 0.15) is 21.8 Å². The molecule has 5 nitrogen and oxygen atoms in total. The van der Waals surface area contributed by atoms with E-state index in [0.717, 1.165) is 16.6 Å². The van der Waals surface area contributed by atoms with Crippen LogP contribution in [0.2, 0.25) is 0 Å². The Morgan fingerprint density at radius 1 is 1.29 bits per heavy atom. The number of aryl methyl sites for hydroxylation is 1. The van der Waals surface area contributed by atoms with Crippen molar-refractivity contribution < 1.29 is 9.32 Å². The molecule has 0 aliphatic carbocycles. The van der Waals surface area contributed by atoms with E-state index in [0.29, 0.717) is 17.9 Å². The fourth-order valence-electron chi connectivity index (χ4n) is 2.23. The van der Waals surface area contributed by atoms with Crippen LogP contribution in [0.4, 0.5) is 0 Å². The molecule has 0 radical (unpaired) electrons. The fraction of sp³-hybridized carbons (Fsp3) is 0.188. The van der Waals surface area contributed by atoms with Crippen molar-refractivity contribution in [1.82, 2.24) is 15.0 Å². The number of aromatic nitrogens is 2.